The highest BCUT2D eigenvalue weighted by Gasteiger charge is 2.45. The minimum absolute atomic E-state index is 0.0142. The predicted molar refractivity (Wildman–Crippen MR) is 75.9 cm³/mol. The smallest absolute Gasteiger partial charge is 0.0787 e. The molecule has 18 heavy (non-hydrogen) atoms. The van der Waals surface area contributed by atoms with Gasteiger partial charge in [-0.1, -0.05) is 13.8 Å². The van der Waals surface area contributed by atoms with Crippen LogP contribution in [0.2, 0.25) is 0 Å². The maximum atomic E-state index is 6.06. The second-order valence-corrected chi connectivity index (χ2v) is 6.97. The van der Waals surface area contributed by atoms with Crippen molar-refractivity contribution in [3.8, 4) is 0 Å². The number of hydrogen-bond donors (Lipinski definition) is 1. The van der Waals surface area contributed by atoms with Crippen LogP contribution in [0.5, 0.6) is 0 Å². The van der Waals surface area contributed by atoms with Crippen LogP contribution >= 0.6 is 0 Å². The molecule has 0 radical (unpaired) electrons. The summed E-state index contributed by atoms with van der Waals surface area (Å²) in [4.78, 5) is 0. The highest BCUT2D eigenvalue weighted by atomic mass is 16.5. The number of ether oxygens (including phenoxy) is 2. The molecule has 0 aromatic heterocycles. The van der Waals surface area contributed by atoms with Crippen molar-refractivity contribution < 1.29 is 9.47 Å². The highest BCUT2D eigenvalue weighted by Crippen LogP contribution is 2.36. The van der Waals surface area contributed by atoms with Gasteiger partial charge in [-0.25, -0.2) is 0 Å². The van der Waals surface area contributed by atoms with Crippen LogP contribution in [0.25, 0.3) is 0 Å². The van der Waals surface area contributed by atoms with Gasteiger partial charge in [-0.15, -0.1) is 0 Å². The molecular weight excluding hydrogens is 226 g/mol. The Kier molecular flexibility index (Phi) is 5.63. The third kappa shape index (κ3) is 5.25. The lowest BCUT2D eigenvalue weighted by Gasteiger charge is -2.27. The first kappa shape index (κ1) is 15.9. The molecule has 1 fully saturated rings. The van der Waals surface area contributed by atoms with E-state index in [1.807, 2.05) is 0 Å². The van der Waals surface area contributed by atoms with Gasteiger partial charge in [0, 0.05) is 19.2 Å². The van der Waals surface area contributed by atoms with Crippen molar-refractivity contribution in [2.45, 2.75) is 71.6 Å². The Morgan fingerprint density at radius 2 is 1.89 bits per heavy atom. The largest absolute Gasteiger partial charge is 0.380 e. The Hall–Kier alpha value is -0.120. The molecule has 1 N–H and O–H groups in total. The summed E-state index contributed by atoms with van der Waals surface area (Å²) in [5.74, 6) is 0.723. The monoisotopic (exact) mass is 257 g/mol. The van der Waals surface area contributed by atoms with Gasteiger partial charge in [0.1, 0.15) is 0 Å². The molecule has 1 rings (SSSR count). The van der Waals surface area contributed by atoms with Gasteiger partial charge in [0.15, 0.2) is 0 Å². The van der Waals surface area contributed by atoms with Crippen molar-refractivity contribution in [2.24, 2.45) is 5.92 Å². The zero-order chi connectivity index (χ0) is 13.8. The topological polar surface area (TPSA) is 30.5 Å². The van der Waals surface area contributed by atoms with Crippen molar-refractivity contribution in [1.82, 2.24) is 5.32 Å². The van der Waals surface area contributed by atoms with Gasteiger partial charge in [0.2, 0.25) is 0 Å². The van der Waals surface area contributed by atoms with Crippen molar-refractivity contribution in [3.05, 3.63) is 0 Å². The maximum Gasteiger partial charge on any atom is 0.0787 e. The predicted octanol–water partition coefficient (Wildman–Crippen LogP) is 2.98. The zero-order valence-electron chi connectivity index (χ0n) is 13.0. The molecule has 0 saturated carbocycles. The van der Waals surface area contributed by atoms with Crippen molar-refractivity contribution in [3.63, 3.8) is 0 Å². The Morgan fingerprint density at radius 1 is 1.22 bits per heavy atom. The molecule has 0 bridgehead atoms. The van der Waals surface area contributed by atoms with Crippen LogP contribution in [-0.4, -0.2) is 37.0 Å². The lowest BCUT2D eigenvalue weighted by atomic mass is 9.94. The van der Waals surface area contributed by atoms with Crippen LogP contribution in [0.1, 0.15) is 54.4 Å². The molecule has 108 valence electrons. The second kappa shape index (κ2) is 6.36. The second-order valence-electron chi connectivity index (χ2n) is 6.97. The lowest BCUT2D eigenvalue weighted by Crippen LogP contribution is -2.44. The molecule has 0 aromatic rings. The summed E-state index contributed by atoms with van der Waals surface area (Å²) in [6.07, 6.45) is 2.21. The molecular formula is C15H31NO2. The Balaban J connectivity index is 2.16. The molecule has 1 heterocycles. The van der Waals surface area contributed by atoms with Gasteiger partial charge in [0.05, 0.1) is 17.8 Å². The third-order valence-corrected chi connectivity index (χ3v) is 3.55. The Labute approximate surface area is 113 Å². The van der Waals surface area contributed by atoms with E-state index < -0.39 is 0 Å². The minimum Gasteiger partial charge on any atom is -0.380 e. The molecule has 0 aliphatic carbocycles. The van der Waals surface area contributed by atoms with Crippen LogP contribution in [-0.2, 0) is 9.47 Å². The quantitative estimate of drug-likeness (QED) is 0.711. The highest BCUT2D eigenvalue weighted by molar-refractivity contribution is 4.98. The molecule has 1 unspecified atom stereocenters. The van der Waals surface area contributed by atoms with E-state index in [1.165, 1.54) is 0 Å². The van der Waals surface area contributed by atoms with E-state index >= 15 is 0 Å². The van der Waals surface area contributed by atoms with E-state index in [4.69, 9.17) is 9.47 Å². The summed E-state index contributed by atoms with van der Waals surface area (Å²) in [5.41, 5.74) is -0.0961. The molecule has 0 spiro atoms. The standard InChI is InChI=1S/C15H31NO2/c1-12(2)7-9-17-10-8-16-13-11-14(3,4)18-15(13,5)6/h12-13,16H,7-11H2,1-6H3. The normalized spacial score (nSPS) is 25.8. The lowest BCUT2D eigenvalue weighted by molar-refractivity contribution is -0.0700. The molecule has 1 saturated heterocycles. The van der Waals surface area contributed by atoms with Gasteiger partial charge in [-0.2, -0.15) is 0 Å². The number of hydrogen-bond acceptors (Lipinski definition) is 3. The van der Waals surface area contributed by atoms with Crippen molar-refractivity contribution >= 4 is 0 Å². The summed E-state index contributed by atoms with van der Waals surface area (Å²) >= 11 is 0. The molecule has 1 atom stereocenters. The molecule has 0 amide bonds. The van der Waals surface area contributed by atoms with Gasteiger partial charge in [-0.3, -0.25) is 0 Å². The fraction of sp³-hybridized carbons (Fsp3) is 1.00. The molecule has 3 heteroatoms. The van der Waals surface area contributed by atoms with E-state index in [1.54, 1.807) is 0 Å². The van der Waals surface area contributed by atoms with Crippen LogP contribution in [0.3, 0.4) is 0 Å². The Morgan fingerprint density at radius 3 is 2.39 bits per heavy atom. The van der Waals surface area contributed by atoms with Crippen LogP contribution in [0.15, 0.2) is 0 Å². The molecule has 0 aromatic carbocycles. The summed E-state index contributed by atoms with van der Waals surface area (Å²) in [6, 6.07) is 0.418. The van der Waals surface area contributed by atoms with E-state index in [0.29, 0.717) is 6.04 Å². The summed E-state index contributed by atoms with van der Waals surface area (Å²) in [5, 5.41) is 3.57. The van der Waals surface area contributed by atoms with E-state index in [2.05, 4.69) is 46.9 Å². The number of nitrogens with one attached hydrogen (secondary N) is 1. The van der Waals surface area contributed by atoms with Gasteiger partial charge < -0.3 is 14.8 Å². The van der Waals surface area contributed by atoms with E-state index in [0.717, 1.165) is 38.5 Å². The molecule has 1 aliphatic rings. The average molecular weight is 257 g/mol. The van der Waals surface area contributed by atoms with Gasteiger partial charge in [-0.05, 0) is 46.5 Å². The van der Waals surface area contributed by atoms with Gasteiger partial charge >= 0.3 is 0 Å². The minimum atomic E-state index is -0.0819. The maximum absolute atomic E-state index is 6.06. The zero-order valence-corrected chi connectivity index (χ0v) is 13.0. The molecule has 3 nitrogen and oxygen atoms in total. The van der Waals surface area contributed by atoms with E-state index in [9.17, 15) is 0 Å². The summed E-state index contributed by atoms with van der Waals surface area (Å²) in [7, 11) is 0. The summed E-state index contributed by atoms with van der Waals surface area (Å²) < 4.78 is 11.7. The average Bonchev–Trinajstić information content (AvgIpc) is 2.39. The fourth-order valence-corrected chi connectivity index (χ4v) is 2.61. The van der Waals surface area contributed by atoms with E-state index in [-0.39, 0.29) is 11.2 Å². The van der Waals surface area contributed by atoms with Crippen LogP contribution < -0.4 is 5.32 Å². The fourth-order valence-electron chi connectivity index (χ4n) is 2.61. The first-order valence-electron chi connectivity index (χ1n) is 7.24. The SMILES string of the molecule is CC(C)CCOCCNC1CC(C)(C)OC1(C)C. The third-order valence-electron chi connectivity index (χ3n) is 3.55. The van der Waals surface area contributed by atoms with Crippen LogP contribution in [0.4, 0.5) is 0 Å². The first-order valence-corrected chi connectivity index (χ1v) is 7.24. The summed E-state index contributed by atoms with van der Waals surface area (Å²) in [6.45, 7) is 15.7. The van der Waals surface area contributed by atoms with Crippen molar-refractivity contribution in [1.29, 1.82) is 0 Å². The van der Waals surface area contributed by atoms with Crippen molar-refractivity contribution in [2.75, 3.05) is 19.8 Å². The molecule has 1 aliphatic heterocycles. The number of rotatable bonds is 7. The van der Waals surface area contributed by atoms with Gasteiger partial charge in [0.25, 0.3) is 0 Å². The van der Waals surface area contributed by atoms with Crippen LogP contribution in [0, 0.1) is 5.92 Å². The first-order chi connectivity index (χ1) is 8.23. The Bertz CT molecular complexity index is 249.